The number of carbonyl (C=O) groups excluding carboxylic acids is 1. The summed E-state index contributed by atoms with van der Waals surface area (Å²) in [6, 6.07) is 5.92. The molecular formula is C14H19Br2NO. The summed E-state index contributed by atoms with van der Waals surface area (Å²) in [5.41, 5.74) is 2.59. The van der Waals surface area contributed by atoms with Crippen molar-refractivity contribution in [1.82, 2.24) is 5.32 Å². The topological polar surface area (TPSA) is 29.1 Å². The van der Waals surface area contributed by atoms with Crippen LogP contribution in [0.1, 0.15) is 34.8 Å². The fraction of sp³-hybridized carbons (Fsp3) is 0.500. The molecule has 1 aromatic rings. The number of hydrogen-bond acceptors (Lipinski definition) is 1. The van der Waals surface area contributed by atoms with Gasteiger partial charge in [-0.1, -0.05) is 57.0 Å². The van der Waals surface area contributed by atoms with Crippen molar-refractivity contribution in [3.05, 3.63) is 34.9 Å². The summed E-state index contributed by atoms with van der Waals surface area (Å²) in [6.45, 7) is 6.02. The van der Waals surface area contributed by atoms with Crippen molar-refractivity contribution in [1.29, 1.82) is 0 Å². The maximum absolute atomic E-state index is 12.4. The number of amides is 1. The van der Waals surface area contributed by atoms with Crippen molar-refractivity contribution >= 4 is 37.8 Å². The van der Waals surface area contributed by atoms with Gasteiger partial charge in [0.25, 0.3) is 5.91 Å². The van der Waals surface area contributed by atoms with Gasteiger partial charge in [-0.25, -0.2) is 0 Å². The smallest absolute Gasteiger partial charge is 0.252 e. The number of hydrogen-bond donors (Lipinski definition) is 1. The highest BCUT2D eigenvalue weighted by molar-refractivity contribution is 9.09. The molecule has 0 aliphatic carbocycles. The van der Waals surface area contributed by atoms with E-state index in [0.29, 0.717) is 0 Å². The molecule has 0 saturated carbocycles. The Balaban J connectivity index is 3.02. The Labute approximate surface area is 126 Å². The fourth-order valence-electron chi connectivity index (χ4n) is 1.86. The second kappa shape index (κ2) is 6.71. The van der Waals surface area contributed by atoms with E-state index in [0.717, 1.165) is 33.8 Å². The van der Waals surface area contributed by atoms with Gasteiger partial charge in [0.05, 0.1) is 5.54 Å². The van der Waals surface area contributed by atoms with Crippen molar-refractivity contribution in [2.75, 3.05) is 10.7 Å². The minimum atomic E-state index is -0.230. The predicted octanol–water partition coefficient (Wildman–Crippen LogP) is 3.97. The first-order valence-electron chi connectivity index (χ1n) is 6.00. The molecule has 0 heterocycles. The van der Waals surface area contributed by atoms with E-state index in [1.807, 2.05) is 32.0 Å². The van der Waals surface area contributed by atoms with Crippen molar-refractivity contribution in [3.63, 3.8) is 0 Å². The molecule has 1 rings (SSSR count). The molecule has 4 heteroatoms. The van der Waals surface area contributed by atoms with Crippen LogP contribution in [0.5, 0.6) is 0 Å². The largest absolute Gasteiger partial charge is 0.345 e. The third-order valence-corrected chi connectivity index (χ3v) is 5.42. The Bertz CT molecular complexity index is 399. The molecule has 1 amide bonds. The molecule has 0 saturated heterocycles. The van der Waals surface area contributed by atoms with E-state index in [4.69, 9.17) is 0 Å². The summed E-state index contributed by atoms with van der Waals surface area (Å²) in [6.07, 6.45) is 0.875. The van der Waals surface area contributed by atoms with E-state index in [1.54, 1.807) is 0 Å². The lowest BCUT2D eigenvalue weighted by molar-refractivity contribution is 0.0914. The number of nitrogens with one attached hydrogen (secondary N) is 1. The molecule has 1 N–H and O–H groups in total. The standard InChI is InChI=1S/C14H19Br2NO/c1-4-14(8-15,9-16)17-13(18)12-10(2)6-5-7-11(12)3/h5-7H,4,8-9H2,1-3H3,(H,17,18). The van der Waals surface area contributed by atoms with Gasteiger partial charge in [0.15, 0.2) is 0 Å². The molecular weight excluding hydrogens is 358 g/mol. The Morgan fingerprint density at radius 1 is 1.22 bits per heavy atom. The SMILES string of the molecule is CCC(CBr)(CBr)NC(=O)c1c(C)cccc1C. The van der Waals surface area contributed by atoms with Crippen molar-refractivity contribution in [2.24, 2.45) is 0 Å². The lowest BCUT2D eigenvalue weighted by Crippen LogP contribution is -2.51. The number of benzene rings is 1. The van der Waals surface area contributed by atoms with Crippen LogP contribution in [0.15, 0.2) is 18.2 Å². The molecule has 0 unspecified atom stereocenters. The van der Waals surface area contributed by atoms with Gasteiger partial charge in [0, 0.05) is 16.2 Å². The fourth-order valence-corrected chi connectivity index (χ4v) is 3.86. The Morgan fingerprint density at radius 3 is 2.11 bits per heavy atom. The molecule has 18 heavy (non-hydrogen) atoms. The second-order valence-electron chi connectivity index (χ2n) is 4.62. The zero-order chi connectivity index (χ0) is 13.8. The Hall–Kier alpha value is -0.350. The summed E-state index contributed by atoms with van der Waals surface area (Å²) in [4.78, 5) is 12.4. The number of halogens is 2. The normalized spacial score (nSPS) is 11.4. The average Bonchev–Trinajstić information content (AvgIpc) is 2.36. The monoisotopic (exact) mass is 375 g/mol. The van der Waals surface area contributed by atoms with E-state index >= 15 is 0 Å². The van der Waals surface area contributed by atoms with Gasteiger partial charge in [-0.3, -0.25) is 4.79 Å². The highest BCUT2D eigenvalue weighted by atomic mass is 79.9. The van der Waals surface area contributed by atoms with Crippen molar-refractivity contribution in [3.8, 4) is 0 Å². The molecule has 0 aliphatic heterocycles. The Morgan fingerprint density at radius 2 is 1.72 bits per heavy atom. The number of rotatable bonds is 5. The van der Waals surface area contributed by atoms with Gasteiger partial charge in [-0.05, 0) is 31.4 Å². The van der Waals surface area contributed by atoms with Gasteiger partial charge >= 0.3 is 0 Å². The molecule has 0 atom stereocenters. The van der Waals surface area contributed by atoms with Crippen LogP contribution in [0.2, 0.25) is 0 Å². The lowest BCUT2D eigenvalue weighted by Gasteiger charge is -2.30. The zero-order valence-electron chi connectivity index (χ0n) is 11.0. The average molecular weight is 377 g/mol. The van der Waals surface area contributed by atoms with E-state index in [1.165, 1.54) is 0 Å². The number of aryl methyl sites for hydroxylation is 2. The molecule has 2 nitrogen and oxygen atoms in total. The summed E-state index contributed by atoms with van der Waals surface area (Å²) in [5, 5.41) is 4.61. The van der Waals surface area contributed by atoms with Crippen LogP contribution in [0.3, 0.4) is 0 Å². The first-order valence-corrected chi connectivity index (χ1v) is 8.24. The quantitative estimate of drug-likeness (QED) is 0.774. The summed E-state index contributed by atoms with van der Waals surface area (Å²) >= 11 is 6.97. The van der Waals surface area contributed by atoms with Crippen LogP contribution in [0, 0.1) is 13.8 Å². The highest BCUT2D eigenvalue weighted by Gasteiger charge is 2.28. The summed E-state index contributed by atoms with van der Waals surface area (Å²) < 4.78 is 0. The maximum atomic E-state index is 12.4. The minimum Gasteiger partial charge on any atom is -0.345 e. The van der Waals surface area contributed by atoms with Gasteiger partial charge in [0.1, 0.15) is 0 Å². The van der Waals surface area contributed by atoms with Gasteiger partial charge in [-0.2, -0.15) is 0 Å². The van der Waals surface area contributed by atoms with E-state index in [2.05, 4.69) is 44.1 Å². The zero-order valence-corrected chi connectivity index (χ0v) is 14.2. The summed E-state index contributed by atoms with van der Waals surface area (Å²) in [5.74, 6) is 0.00588. The highest BCUT2D eigenvalue weighted by Crippen LogP contribution is 2.20. The van der Waals surface area contributed by atoms with E-state index in [-0.39, 0.29) is 11.4 Å². The molecule has 0 bridgehead atoms. The molecule has 0 aliphatic rings. The first-order chi connectivity index (χ1) is 8.49. The van der Waals surface area contributed by atoms with Gasteiger partial charge < -0.3 is 5.32 Å². The Kier molecular flexibility index (Phi) is 5.86. The van der Waals surface area contributed by atoms with Crippen LogP contribution in [0.4, 0.5) is 0 Å². The van der Waals surface area contributed by atoms with Crippen LogP contribution < -0.4 is 5.32 Å². The second-order valence-corrected chi connectivity index (χ2v) is 5.74. The van der Waals surface area contributed by atoms with Crippen molar-refractivity contribution in [2.45, 2.75) is 32.7 Å². The van der Waals surface area contributed by atoms with Gasteiger partial charge in [-0.15, -0.1) is 0 Å². The van der Waals surface area contributed by atoms with Crippen LogP contribution in [-0.2, 0) is 0 Å². The van der Waals surface area contributed by atoms with E-state index in [9.17, 15) is 4.79 Å². The van der Waals surface area contributed by atoms with Crippen molar-refractivity contribution < 1.29 is 4.79 Å². The third-order valence-electron chi connectivity index (χ3n) is 3.28. The number of carbonyl (C=O) groups is 1. The molecule has 0 fully saturated rings. The maximum Gasteiger partial charge on any atom is 0.252 e. The minimum absolute atomic E-state index is 0.00588. The number of alkyl halides is 2. The first kappa shape index (κ1) is 15.7. The van der Waals surface area contributed by atoms with Crippen LogP contribution in [0.25, 0.3) is 0 Å². The lowest BCUT2D eigenvalue weighted by atomic mass is 9.98. The molecule has 100 valence electrons. The van der Waals surface area contributed by atoms with Gasteiger partial charge in [0.2, 0.25) is 0 Å². The third kappa shape index (κ3) is 3.35. The summed E-state index contributed by atoms with van der Waals surface area (Å²) in [7, 11) is 0. The molecule has 0 spiro atoms. The predicted molar refractivity (Wildman–Crippen MR) is 84.0 cm³/mol. The van der Waals surface area contributed by atoms with Crippen LogP contribution >= 0.6 is 31.9 Å². The molecule has 0 radical (unpaired) electrons. The molecule has 0 aromatic heterocycles. The van der Waals surface area contributed by atoms with E-state index < -0.39 is 0 Å². The van der Waals surface area contributed by atoms with Crippen LogP contribution in [-0.4, -0.2) is 22.1 Å². The molecule has 1 aromatic carbocycles.